The van der Waals surface area contributed by atoms with Gasteiger partial charge in [-0.3, -0.25) is 14.4 Å². The molecule has 10 heteroatoms. The zero-order valence-electron chi connectivity index (χ0n) is 38.8. The van der Waals surface area contributed by atoms with Crippen LogP contribution in [0, 0.1) is 20.8 Å². The number of nitrogens with one attached hydrogen (secondary N) is 2. The zero-order valence-corrected chi connectivity index (χ0v) is 38.8. The van der Waals surface area contributed by atoms with E-state index in [1.807, 2.05) is 137 Å². The lowest BCUT2D eigenvalue weighted by Gasteiger charge is -2.37. The average molecular weight is 875 g/mol. The summed E-state index contributed by atoms with van der Waals surface area (Å²) in [6.45, 7) is 17.3. The number of H-pyrrole nitrogens is 1. The summed E-state index contributed by atoms with van der Waals surface area (Å²) in [6.07, 6.45) is 1.76. The van der Waals surface area contributed by atoms with Crippen LogP contribution in [-0.2, 0) is 24.5 Å². The molecule has 0 saturated carbocycles. The summed E-state index contributed by atoms with van der Waals surface area (Å²) < 4.78 is 18.7. The number of anilines is 2. The van der Waals surface area contributed by atoms with Crippen LogP contribution < -0.4 is 30.1 Å². The van der Waals surface area contributed by atoms with E-state index < -0.39 is 0 Å². The van der Waals surface area contributed by atoms with Gasteiger partial charge in [0.1, 0.15) is 24.7 Å². The highest BCUT2D eigenvalue weighted by atomic mass is 16.5. The Bertz CT molecular complexity index is 2650. The number of aromatic nitrogens is 1. The molecule has 2 heterocycles. The predicted molar refractivity (Wildman–Crippen MR) is 261 cm³/mol. The van der Waals surface area contributed by atoms with Gasteiger partial charge in [0.2, 0.25) is 0 Å². The fourth-order valence-electron chi connectivity index (χ4n) is 8.74. The van der Waals surface area contributed by atoms with E-state index in [1.54, 1.807) is 4.90 Å². The summed E-state index contributed by atoms with van der Waals surface area (Å²) in [5.41, 5.74) is 10.0. The molecule has 0 spiro atoms. The lowest BCUT2D eigenvalue weighted by molar-refractivity contribution is 0.0845. The minimum absolute atomic E-state index is 0.0569. The SMILES string of the molecule is CCN(C(=O)c1cc(C(C)C)c(OCc2ccccc2)cc1OCc1ccccc1)c1cccc(-c2cc(C(=O)NCc3c(C)cc(C)[nH]c3=O)c(C)c(N(CC)C3CCOCC3)c2)c1. The van der Waals surface area contributed by atoms with Crippen LogP contribution in [0.1, 0.15) is 106 Å². The molecule has 1 aliphatic rings. The van der Waals surface area contributed by atoms with Gasteiger partial charge in [-0.2, -0.15) is 0 Å². The number of pyridine rings is 1. The van der Waals surface area contributed by atoms with E-state index in [0.717, 1.165) is 69.7 Å². The van der Waals surface area contributed by atoms with Crippen molar-refractivity contribution in [2.75, 3.05) is 36.1 Å². The van der Waals surface area contributed by atoms with Crippen molar-refractivity contribution in [3.63, 3.8) is 0 Å². The van der Waals surface area contributed by atoms with Crippen LogP contribution in [0.5, 0.6) is 11.5 Å². The van der Waals surface area contributed by atoms with Crippen molar-refractivity contribution < 1.29 is 23.8 Å². The fraction of sp³-hybridized carbons (Fsp3) is 0.327. The van der Waals surface area contributed by atoms with Crippen LogP contribution in [0.25, 0.3) is 11.1 Å². The van der Waals surface area contributed by atoms with Gasteiger partial charge in [-0.1, -0.05) is 86.6 Å². The first-order valence-electron chi connectivity index (χ1n) is 22.9. The van der Waals surface area contributed by atoms with Gasteiger partial charge in [0, 0.05) is 73.2 Å². The molecule has 0 bridgehead atoms. The highest BCUT2D eigenvalue weighted by molar-refractivity contribution is 6.08. The number of benzene rings is 5. The Morgan fingerprint density at radius 3 is 2.03 bits per heavy atom. The number of aryl methyl sites for hydroxylation is 2. The van der Waals surface area contributed by atoms with Crippen molar-refractivity contribution in [2.24, 2.45) is 0 Å². The third-order valence-electron chi connectivity index (χ3n) is 12.3. The molecule has 65 heavy (non-hydrogen) atoms. The molecule has 1 fully saturated rings. The molecule has 0 atom stereocenters. The van der Waals surface area contributed by atoms with Crippen LogP contribution in [0.15, 0.2) is 120 Å². The van der Waals surface area contributed by atoms with Gasteiger partial charge in [0.15, 0.2) is 0 Å². The van der Waals surface area contributed by atoms with Crippen LogP contribution in [0.3, 0.4) is 0 Å². The van der Waals surface area contributed by atoms with E-state index in [-0.39, 0.29) is 42.5 Å². The third kappa shape index (κ3) is 11.0. The summed E-state index contributed by atoms with van der Waals surface area (Å²) >= 11 is 0. The third-order valence-corrected chi connectivity index (χ3v) is 12.3. The van der Waals surface area contributed by atoms with E-state index in [4.69, 9.17) is 14.2 Å². The van der Waals surface area contributed by atoms with Crippen LogP contribution in [-0.4, -0.2) is 49.1 Å². The highest BCUT2D eigenvalue weighted by Gasteiger charge is 2.27. The molecule has 0 unspecified atom stereocenters. The molecular formula is C55H62N4O6. The highest BCUT2D eigenvalue weighted by Crippen LogP contribution is 2.38. The number of carbonyl (C=O) groups is 2. The summed E-state index contributed by atoms with van der Waals surface area (Å²) in [5, 5.41) is 3.06. The van der Waals surface area contributed by atoms with Gasteiger partial charge in [-0.25, -0.2) is 0 Å². The van der Waals surface area contributed by atoms with Crippen LogP contribution in [0.2, 0.25) is 0 Å². The first-order valence-corrected chi connectivity index (χ1v) is 22.9. The van der Waals surface area contributed by atoms with Gasteiger partial charge in [-0.15, -0.1) is 0 Å². The number of rotatable bonds is 17. The standard InChI is InChI=1S/C55H62N4O6/c1-8-58(44-23-25-63-26-24-44)50-30-43(29-47(39(50)7)53(60)56-33-49-37(5)27-38(6)57-54(49)61)42-21-16-22-45(28-42)59(9-2)55(62)48-31-46(36(3)4)51(64-34-40-17-12-10-13-18-40)32-52(48)65-35-41-19-14-11-15-20-41/h10-22,27-32,36,44H,8-9,23-26,33-35H2,1-7H3,(H,56,60)(H,57,61). The molecule has 338 valence electrons. The number of nitrogens with zero attached hydrogens (tertiary/aromatic N) is 2. The van der Waals surface area contributed by atoms with Gasteiger partial charge >= 0.3 is 0 Å². The Labute approximate surface area is 383 Å². The van der Waals surface area contributed by atoms with E-state index in [1.165, 1.54) is 0 Å². The van der Waals surface area contributed by atoms with Crippen LogP contribution >= 0.6 is 0 Å². The molecule has 2 amide bonds. The molecule has 10 nitrogen and oxygen atoms in total. The lowest BCUT2D eigenvalue weighted by atomic mass is 9.94. The Morgan fingerprint density at radius 2 is 1.42 bits per heavy atom. The van der Waals surface area contributed by atoms with Gasteiger partial charge in [0.25, 0.3) is 17.4 Å². The summed E-state index contributed by atoms with van der Waals surface area (Å²) in [5.74, 6) is 0.699. The van der Waals surface area contributed by atoms with E-state index >= 15 is 4.79 Å². The van der Waals surface area contributed by atoms with E-state index in [9.17, 15) is 9.59 Å². The molecule has 5 aromatic carbocycles. The summed E-state index contributed by atoms with van der Waals surface area (Å²) in [4.78, 5) is 49.2. The number of amides is 2. The Kier molecular flexibility index (Phi) is 15.2. The Balaban J connectivity index is 1.26. The normalized spacial score (nSPS) is 12.8. The van der Waals surface area contributed by atoms with Crippen molar-refractivity contribution in [1.29, 1.82) is 0 Å². The van der Waals surface area contributed by atoms with Gasteiger partial charge in [-0.05, 0) is 129 Å². The number of carbonyl (C=O) groups excluding carboxylic acids is 2. The second kappa shape index (κ2) is 21.4. The first kappa shape index (κ1) is 46.3. The van der Waals surface area contributed by atoms with Gasteiger partial charge in [0.05, 0.1) is 5.56 Å². The first-order chi connectivity index (χ1) is 31.4. The topological polar surface area (TPSA) is 113 Å². The van der Waals surface area contributed by atoms with Crippen molar-refractivity contribution in [1.82, 2.24) is 10.3 Å². The van der Waals surface area contributed by atoms with E-state index in [0.29, 0.717) is 60.2 Å². The monoisotopic (exact) mass is 874 g/mol. The molecule has 1 saturated heterocycles. The molecule has 0 radical (unpaired) electrons. The second-order valence-corrected chi connectivity index (χ2v) is 17.1. The molecule has 1 aliphatic heterocycles. The zero-order chi connectivity index (χ0) is 46.0. The minimum Gasteiger partial charge on any atom is -0.488 e. The molecule has 2 N–H and O–H groups in total. The summed E-state index contributed by atoms with van der Waals surface area (Å²) in [7, 11) is 0. The molecular weight excluding hydrogens is 813 g/mol. The second-order valence-electron chi connectivity index (χ2n) is 17.1. The smallest absolute Gasteiger partial charge is 0.262 e. The lowest BCUT2D eigenvalue weighted by Crippen LogP contribution is -2.40. The average Bonchev–Trinajstić information content (AvgIpc) is 3.31. The van der Waals surface area contributed by atoms with E-state index in [2.05, 4.69) is 42.0 Å². The number of ether oxygens (including phenoxy) is 3. The van der Waals surface area contributed by atoms with Crippen molar-refractivity contribution in [3.05, 3.63) is 176 Å². The van der Waals surface area contributed by atoms with Crippen molar-refractivity contribution >= 4 is 23.2 Å². The molecule has 6 aromatic rings. The van der Waals surface area contributed by atoms with Crippen molar-refractivity contribution in [3.8, 4) is 22.6 Å². The maximum Gasteiger partial charge on any atom is 0.262 e. The quantitative estimate of drug-likeness (QED) is 0.0938. The number of hydrogen-bond acceptors (Lipinski definition) is 7. The Hall–Kier alpha value is -6.65. The largest absolute Gasteiger partial charge is 0.488 e. The maximum absolute atomic E-state index is 15.0. The van der Waals surface area contributed by atoms with Crippen LogP contribution in [0.4, 0.5) is 11.4 Å². The van der Waals surface area contributed by atoms with Gasteiger partial charge < -0.3 is 34.3 Å². The molecule has 1 aromatic heterocycles. The summed E-state index contributed by atoms with van der Waals surface area (Å²) in [6, 6.07) is 37.9. The Morgan fingerprint density at radius 1 is 0.754 bits per heavy atom. The maximum atomic E-state index is 15.0. The number of aromatic amines is 1. The fourth-order valence-corrected chi connectivity index (χ4v) is 8.74. The molecule has 7 rings (SSSR count). The molecule has 0 aliphatic carbocycles. The predicted octanol–water partition coefficient (Wildman–Crippen LogP) is 10.9. The minimum atomic E-state index is -0.269. The number of hydrogen-bond donors (Lipinski definition) is 2. The van der Waals surface area contributed by atoms with Crippen molar-refractivity contribution in [2.45, 2.75) is 93.0 Å².